The third-order valence-electron chi connectivity index (χ3n) is 15.7. The van der Waals surface area contributed by atoms with Gasteiger partial charge in [0, 0.05) is 85.2 Å². The lowest BCUT2D eigenvalue weighted by Gasteiger charge is -2.25. The standard InChI is InChI=1S/C68H56BN2OS2/c1-66(2,3)40-24-28-43(29-25-40)70-51-37-55-46(45-32-42(68(7,8)9)27-31-54(45)72-55)34-47(51)59-60-44-22-16-17-23-56(44)73-65(60)61-48-33-41(67(4,5)6)26-30-52(48)71-53-35-49-57(36-50(53)69-62(59)63(61)71)74-64(39-20-14-11-15-21-39)58(49)38-18-12-10-13-19-38/h10-37,70H,1-9H3. The summed E-state index contributed by atoms with van der Waals surface area (Å²) in [7, 11) is 2.53. The molecule has 0 amide bonds. The summed E-state index contributed by atoms with van der Waals surface area (Å²) in [4.78, 5) is 1.29. The number of thiophene rings is 2. The zero-order chi connectivity index (χ0) is 50.6. The number of benzene rings is 9. The SMILES string of the molecule is CC(C)(C)c1ccc(Nc2cc3oc4ccc(C(C)(C)C)cc4c3cc2-c2c3c4c(c5cc(C(C)(C)C)ccc5n4-c4cc5c(-c6ccccc6)c(-c6ccccc6)sc5cc4[B]3)c3sc4ccccc4c23)cc1. The van der Waals surface area contributed by atoms with Gasteiger partial charge in [0.05, 0.1) is 16.7 Å². The Morgan fingerprint density at radius 1 is 0.486 bits per heavy atom. The molecule has 3 nitrogen and oxygen atoms in total. The molecule has 359 valence electrons. The Morgan fingerprint density at radius 3 is 1.84 bits per heavy atom. The molecule has 0 bridgehead atoms. The van der Waals surface area contributed by atoms with Crippen LogP contribution in [0.25, 0.3) is 112 Å². The van der Waals surface area contributed by atoms with Crippen molar-refractivity contribution in [3.63, 3.8) is 0 Å². The van der Waals surface area contributed by atoms with E-state index in [0.717, 1.165) is 38.9 Å². The zero-order valence-corrected chi connectivity index (χ0v) is 45.0. The molecule has 74 heavy (non-hydrogen) atoms. The third kappa shape index (κ3) is 6.98. The summed E-state index contributed by atoms with van der Waals surface area (Å²) in [6.07, 6.45) is 0. The van der Waals surface area contributed by atoms with Crippen LogP contribution in [0, 0.1) is 0 Å². The number of hydrogen-bond acceptors (Lipinski definition) is 4. The third-order valence-corrected chi connectivity index (χ3v) is 18.1. The highest BCUT2D eigenvalue weighted by Crippen LogP contribution is 2.52. The maximum atomic E-state index is 6.85. The van der Waals surface area contributed by atoms with Gasteiger partial charge in [-0.1, -0.05) is 171 Å². The van der Waals surface area contributed by atoms with Gasteiger partial charge in [0.2, 0.25) is 0 Å². The van der Waals surface area contributed by atoms with Gasteiger partial charge in [-0.05, 0) is 116 Å². The number of rotatable bonds is 5. The summed E-state index contributed by atoms with van der Waals surface area (Å²) in [6, 6.07) is 63.7. The van der Waals surface area contributed by atoms with Crippen LogP contribution in [0.5, 0.6) is 0 Å². The molecule has 4 aromatic heterocycles. The molecule has 9 aromatic carbocycles. The van der Waals surface area contributed by atoms with Crippen molar-refractivity contribution >= 4 is 126 Å². The monoisotopic (exact) mass is 991 g/mol. The van der Waals surface area contributed by atoms with E-state index in [0.29, 0.717) is 0 Å². The van der Waals surface area contributed by atoms with Crippen molar-refractivity contribution in [3.8, 4) is 38.4 Å². The highest BCUT2D eigenvalue weighted by atomic mass is 32.1. The Labute approximate surface area is 441 Å². The molecule has 13 aromatic rings. The summed E-state index contributed by atoms with van der Waals surface area (Å²) < 4.78 is 13.3. The van der Waals surface area contributed by atoms with E-state index in [9.17, 15) is 0 Å². The molecule has 0 aliphatic carbocycles. The van der Waals surface area contributed by atoms with Gasteiger partial charge in [-0.25, -0.2) is 0 Å². The number of fused-ring (bicyclic) bond motifs is 13. The predicted octanol–water partition coefficient (Wildman–Crippen LogP) is 18.9. The number of anilines is 2. The van der Waals surface area contributed by atoms with E-state index in [4.69, 9.17) is 4.42 Å². The van der Waals surface area contributed by atoms with Gasteiger partial charge >= 0.3 is 0 Å². The number of nitrogens with zero attached hydrogens (tertiary/aromatic N) is 1. The second-order valence-electron chi connectivity index (χ2n) is 23.6. The normalized spacial score (nSPS) is 13.0. The van der Waals surface area contributed by atoms with Crippen LogP contribution in [0.2, 0.25) is 0 Å². The molecular weight excluding hydrogens is 936 g/mol. The molecule has 0 spiro atoms. The first-order valence-corrected chi connectivity index (χ1v) is 27.6. The van der Waals surface area contributed by atoms with Crippen LogP contribution in [0.15, 0.2) is 174 Å². The molecule has 6 heteroatoms. The van der Waals surface area contributed by atoms with Gasteiger partial charge in [0.25, 0.3) is 0 Å². The zero-order valence-electron chi connectivity index (χ0n) is 43.4. The van der Waals surface area contributed by atoms with Gasteiger partial charge in [-0.2, -0.15) is 0 Å². The van der Waals surface area contributed by atoms with Crippen molar-refractivity contribution in [3.05, 3.63) is 187 Å². The van der Waals surface area contributed by atoms with Gasteiger partial charge in [-0.15, -0.1) is 22.7 Å². The minimum Gasteiger partial charge on any atom is -0.456 e. The minimum atomic E-state index is -0.0442. The van der Waals surface area contributed by atoms with Crippen molar-refractivity contribution in [2.24, 2.45) is 0 Å². The first-order chi connectivity index (χ1) is 35.6. The van der Waals surface area contributed by atoms with Crippen LogP contribution >= 0.6 is 22.7 Å². The quantitative estimate of drug-likeness (QED) is 0.174. The predicted molar refractivity (Wildman–Crippen MR) is 323 cm³/mol. The number of nitrogens with one attached hydrogen (secondary N) is 1. The van der Waals surface area contributed by atoms with E-state index < -0.39 is 0 Å². The highest BCUT2D eigenvalue weighted by molar-refractivity contribution is 7.27. The topological polar surface area (TPSA) is 30.1 Å². The lowest BCUT2D eigenvalue weighted by atomic mass is 9.58. The lowest BCUT2D eigenvalue weighted by molar-refractivity contribution is 0.590. The number of hydrogen-bond donors (Lipinski definition) is 1. The fourth-order valence-corrected chi connectivity index (χ4v) is 14.3. The van der Waals surface area contributed by atoms with E-state index in [1.54, 1.807) is 0 Å². The molecule has 5 heterocycles. The minimum absolute atomic E-state index is 0.0292. The smallest absolute Gasteiger partial charge is 0.198 e. The fourth-order valence-electron chi connectivity index (χ4n) is 11.7. The second-order valence-corrected chi connectivity index (χ2v) is 25.7. The molecule has 1 radical (unpaired) electrons. The van der Waals surface area contributed by atoms with Gasteiger partial charge < -0.3 is 14.3 Å². The van der Waals surface area contributed by atoms with Gasteiger partial charge in [0.1, 0.15) is 11.2 Å². The van der Waals surface area contributed by atoms with E-state index in [1.165, 1.54) is 112 Å². The maximum Gasteiger partial charge on any atom is 0.198 e. The van der Waals surface area contributed by atoms with Crippen LogP contribution in [0.3, 0.4) is 0 Å². The lowest BCUT2D eigenvalue weighted by Crippen LogP contribution is -2.37. The summed E-state index contributed by atoms with van der Waals surface area (Å²) in [5.41, 5.74) is 19.9. The molecule has 1 aliphatic rings. The van der Waals surface area contributed by atoms with Crippen molar-refractivity contribution < 1.29 is 4.42 Å². The molecule has 0 saturated carbocycles. The Bertz CT molecular complexity index is 4450. The molecule has 0 atom stereocenters. The van der Waals surface area contributed by atoms with Crippen LogP contribution in [-0.4, -0.2) is 11.8 Å². The van der Waals surface area contributed by atoms with E-state index >= 15 is 0 Å². The van der Waals surface area contributed by atoms with Crippen LogP contribution in [0.1, 0.15) is 79.0 Å². The molecule has 0 saturated heterocycles. The molecule has 0 fully saturated rings. The Morgan fingerprint density at radius 2 is 1.12 bits per heavy atom. The van der Waals surface area contributed by atoms with Crippen molar-refractivity contribution in [2.75, 3.05) is 5.32 Å². The van der Waals surface area contributed by atoms with Crippen molar-refractivity contribution in [1.82, 2.24) is 4.57 Å². The molecule has 0 unspecified atom stereocenters. The van der Waals surface area contributed by atoms with Gasteiger partial charge in [-0.3, -0.25) is 0 Å². The van der Waals surface area contributed by atoms with Crippen LogP contribution in [0.4, 0.5) is 11.4 Å². The summed E-state index contributed by atoms with van der Waals surface area (Å²) >= 11 is 3.83. The van der Waals surface area contributed by atoms with Crippen LogP contribution < -0.4 is 16.2 Å². The molecule has 1 aliphatic heterocycles. The second kappa shape index (κ2) is 16.1. The van der Waals surface area contributed by atoms with E-state index in [2.05, 4.69) is 249 Å². The fraction of sp³-hybridized carbons (Fsp3) is 0.176. The largest absolute Gasteiger partial charge is 0.456 e. The van der Waals surface area contributed by atoms with Crippen LogP contribution in [-0.2, 0) is 16.2 Å². The van der Waals surface area contributed by atoms with Crippen molar-refractivity contribution in [1.29, 1.82) is 0 Å². The number of furan rings is 1. The first kappa shape index (κ1) is 45.3. The molecule has 1 N–H and O–H groups in total. The Hall–Kier alpha value is -7.38. The van der Waals surface area contributed by atoms with E-state index in [1.807, 2.05) is 22.7 Å². The van der Waals surface area contributed by atoms with E-state index in [-0.39, 0.29) is 16.2 Å². The summed E-state index contributed by atoms with van der Waals surface area (Å²) in [6.45, 7) is 20.7. The number of aromatic nitrogens is 1. The first-order valence-electron chi connectivity index (χ1n) is 26.0. The Kier molecular flexibility index (Phi) is 9.82. The highest BCUT2D eigenvalue weighted by Gasteiger charge is 2.33. The summed E-state index contributed by atoms with van der Waals surface area (Å²) in [5.74, 6) is 0. The summed E-state index contributed by atoms with van der Waals surface area (Å²) in [5, 5.41) is 12.7. The maximum absolute atomic E-state index is 6.85. The average Bonchev–Trinajstić information content (AvgIpc) is 4.15. The van der Waals surface area contributed by atoms with Crippen molar-refractivity contribution in [2.45, 2.75) is 78.6 Å². The molecular formula is C68H56BN2OS2. The van der Waals surface area contributed by atoms with Gasteiger partial charge in [0.15, 0.2) is 7.28 Å². The Balaban J connectivity index is 1.14. The molecule has 14 rings (SSSR count). The average molecular weight is 992 g/mol.